The van der Waals surface area contributed by atoms with Crippen molar-refractivity contribution in [2.24, 2.45) is 0 Å². The quantitative estimate of drug-likeness (QED) is 0.808. The number of aromatic nitrogens is 1. The monoisotopic (exact) mass is 275 g/mol. The van der Waals surface area contributed by atoms with Crippen molar-refractivity contribution >= 4 is 5.82 Å². The van der Waals surface area contributed by atoms with E-state index in [1.54, 1.807) is 0 Å². The molecule has 0 aliphatic carbocycles. The van der Waals surface area contributed by atoms with Crippen molar-refractivity contribution in [1.29, 1.82) is 0 Å². The second kappa shape index (κ2) is 6.10. The Kier molecular flexibility index (Phi) is 4.22. The molecule has 0 spiro atoms. The Labute approximate surface area is 121 Å². The molecule has 2 aliphatic rings. The molecule has 3 rings (SSSR count). The van der Waals surface area contributed by atoms with Crippen LogP contribution in [0, 0.1) is 0 Å². The minimum absolute atomic E-state index is 0.110. The van der Waals surface area contributed by atoms with Crippen molar-refractivity contribution in [3.63, 3.8) is 0 Å². The second-order valence-electron chi connectivity index (χ2n) is 6.12. The van der Waals surface area contributed by atoms with E-state index in [0.717, 1.165) is 38.2 Å². The number of aliphatic hydroxyl groups is 1. The number of anilines is 1. The summed E-state index contributed by atoms with van der Waals surface area (Å²) in [6, 6.07) is 5.29. The molecule has 2 atom stereocenters. The summed E-state index contributed by atoms with van der Waals surface area (Å²) < 4.78 is 0. The SMILES string of the molecule is CCCNCc1ccc(N2C3CCC2CC(O)C3)nc1. The average molecular weight is 275 g/mol. The van der Waals surface area contributed by atoms with Gasteiger partial charge in [-0.15, -0.1) is 0 Å². The number of rotatable bonds is 5. The Morgan fingerprint density at radius 3 is 2.65 bits per heavy atom. The van der Waals surface area contributed by atoms with Crippen LogP contribution in [0.15, 0.2) is 18.3 Å². The molecule has 2 aliphatic heterocycles. The summed E-state index contributed by atoms with van der Waals surface area (Å²) in [6.45, 7) is 4.12. The topological polar surface area (TPSA) is 48.4 Å². The molecule has 4 heteroatoms. The summed E-state index contributed by atoms with van der Waals surface area (Å²) >= 11 is 0. The molecule has 1 aromatic heterocycles. The van der Waals surface area contributed by atoms with E-state index >= 15 is 0 Å². The van der Waals surface area contributed by atoms with Gasteiger partial charge in [0.25, 0.3) is 0 Å². The molecule has 2 unspecified atom stereocenters. The highest BCUT2D eigenvalue weighted by Crippen LogP contribution is 2.38. The molecule has 1 aromatic rings. The van der Waals surface area contributed by atoms with E-state index in [-0.39, 0.29) is 6.10 Å². The lowest BCUT2D eigenvalue weighted by Gasteiger charge is -2.38. The van der Waals surface area contributed by atoms with Gasteiger partial charge in [0.15, 0.2) is 0 Å². The number of aliphatic hydroxyl groups excluding tert-OH is 1. The Morgan fingerprint density at radius 2 is 2.05 bits per heavy atom. The largest absolute Gasteiger partial charge is 0.393 e. The van der Waals surface area contributed by atoms with Gasteiger partial charge in [0.2, 0.25) is 0 Å². The van der Waals surface area contributed by atoms with Crippen LogP contribution in [0.25, 0.3) is 0 Å². The zero-order chi connectivity index (χ0) is 13.9. The van der Waals surface area contributed by atoms with Crippen LogP contribution in [0.4, 0.5) is 5.82 Å². The number of hydrogen-bond donors (Lipinski definition) is 2. The van der Waals surface area contributed by atoms with E-state index in [4.69, 9.17) is 0 Å². The molecule has 110 valence electrons. The minimum atomic E-state index is -0.110. The van der Waals surface area contributed by atoms with Gasteiger partial charge >= 0.3 is 0 Å². The van der Waals surface area contributed by atoms with E-state index in [1.807, 2.05) is 6.20 Å². The van der Waals surface area contributed by atoms with Crippen LogP contribution in [0.5, 0.6) is 0 Å². The van der Waals surface area contributed by atoms with Gasteiger partial charge in [0, 0.05) is 24.8 Å². The lowest BCUT2D eigenvalue weighted by atomic mass is 10.00. The minimum Gasteiger partial charge on any atom is -0.393 e. The van der Waals surface area contributed by atoms with E-state index < -0.39 is 0 Å². The number of nitrogens with one attached hydrogen (secondary N) is 1. The number of pyridine rings is 1. The molecule has 2 fully saturated rings. The van der Waals surface area contributed by atoms with Crippen molar-refractivity contribution in [3.8, 4) is 0 Å². The fourth-order valence-corrected chi connectivity index (χ4v) is 3.61. The molecule has 3 heterocycles. The summed E-state index contributed by atoms with van der Waals surface area (Å²) in [6.07, 6.45) is 7.23. The molecular formula is C16H25N3O. The molecule has 0 aromatic carbocycles. The standard InChI is InChI=1S/C16H25N3O/c1-2-7-17-10-12-3-6-16(18-11-12)19-13-4-5-14(19)9-15(20)8-13/h3,6,11,13-15,17,20H,2,4-5,7-10H2,1H3. The fraction of sp³-hybridized carbons (Fsp3) is 0.688. The predicted octanol–water partition coefficient (Wildman–Crippen LogP) is 2.07. The van der Waals surface area contributed by atoms with Crippen LogP contribution < -0.4 is 10.2 Å². The Balaban J connectivity index is 1.66. The van der Waals surface area contributed by atoms with Gasteiger partial charge in [-0.2, -0.15) is 0 Å². The van der Waals surface area contributed by atoms with Crippen molar-refractivity contribution in [2.75, 3.05) is 11.4 Å². The first-order chi connectivity index (χ1) is 9.78. The van der Waals surface area contributed by atoms with Crippen LogP contribution in [-0.2, 0) is 6.54 Å². The van der Waals surface area contributed by atoms with Gasteiger partial charge in [-0.25, -0.2) is 4.98 Å². The van der Waals surface area contributed by atoms with Gasteiger partial charge in [-0.1, -0.05) is 13.0 Å². The van der Waals surface area contributed by atoms with Gasteiger partial charge in [-0.05, 0) is 50.3 Å². The maximum Gasteiger partial charge on any atom is 0.128 e. The maximum atomic E-state index is 9.86. The lowest BCUT2D eigenvalue weighted by molar-refractivity contribution is 0.126. The van der Waals surface area contributed by atoms with E-state index in [2.05, 4.69) is 34.3 Å². The Hall–Kier alpha value is -1.13. The predicted molar refractivity (Wildman–Crippen MR) is 80.8 cm³/mol. The van der Waals surface area contributed by atoms with Crippen LogP contribution in [-0.4, -0.2) is 34.8 Å². The summed E-state index contributed by atoms with van der Waals surface area (Å²) in [5.74, 6) is 1.09. The van der Waals surface area contributed by atoms with Crippen LogP contribution in [0.3, 0.4) is 0 Å². The molecule has 2 saturated heterocycles. The zero-order valence-electron chi connectivity index (χ0n) is 12.3. The Morgan fingerprint density at radius 1 is 1.30 bits per heavy atom. The average Bonchev–Trinajstić information content (AvgIpc) is 2.72. The van der Waals surface area contributed by atoms with Gasteiger partial charge in [0.1, 0.15) is 5.82 Å². The third-order valence-corrected chi connectivity index (χ3v) is 4.54. The summed E-state index contributed by atoms with van der Waals surface area (Å²) in [5.41, 5.74) is 1.24. The number of fused-ring (bicyclic) bond motifs is 2. The van der Waals surface area contributed by atoms with Crippen LogP contribution >= 0.6 is 0 Å². The summed E-state index contributed by atoms with van der Waals surface area (Å²) in [5, 5.41) is 13.3. The molecule has 2 N–H and O–H groups in total. The van der Waals surface area contributed by atoms with Crippen molar-refractivity contribution in [2.45, 2.75) is 63.8 Å². The summed E-state index contributed by atoms with van der Waals surface area (Å²) in [7, 11) is 0. The van der Waals surface area contributed by atoms with E-state index in [1.165, 1.54) is 18.4 Å². The number of piperidine rings is 1. The third-order valence-electron chi connectivity index (χ3n) is 4.54. The normalized spacial score (nSPS) is 28.9. The van der Waals surface area contributed by atoms with Crippen molar-refractivity contribution in [1.82, 2.24) is 10.3 Å². The fourth-order valence-electron chi connectivity index (χ4n) is 3.61. The number of hydrogen-bond acceptors (Lipinski definition) is 4. The van der Waals surface area contributed by atoms with E-state index in [9.17, 15) is 5.11 Å². The molecule has 20 heavy (non-hydrogen) atoms. The Bertz CT molecular complexity index is 420. The van der Waals surface area contributed by atoms with Crippen molar-refractivity contribution in [3.05, 3.63) is 23.9 Å². The number of nitrogens with zero attached hydrogens (tertiary/aromatic N) is 2. The molecule has 4 nitrogen and oxygen atoms in total. The van der Waals surface area contributed by atoms with E-state index in [0.29, 0.717) is 12.1 Å². The van der Waals surface area contributed by atoms with Crippen LogP contribution in [0.2, 0.25) is 0 Å². The molecular weight excluding hydrogens is 250 g/mol. The third kappa shape index (κ3) is 2.81. The molecule has 2 bridgehead atoms. The van der Waals surface area contributed by atoms with Gasteiger partial charge < -0.3 is 15.3 Å². The van der Waals surface area contributed by atoms with Crippen LogP contribution in [0.1, 0.15) is 44.6 Å². The molecule has 0 saturated carbocycles. The first kappa shape index (κ1) is 13.8. The van der Waals surface area contributed by atoms with Crippen molar-refractivity contribution < 1.29 is 5.11 Å². The molecule has 0 amide bonds. The second-order valence-corrected chi connectivity index (χ2v) is 6.12. The highest BCUT2D eigenvalue weighted by Gasteiger charge is 2.40. The lowest BCUT2D eigenvalue weighted by Crippen LogP contribution is -2.45. The smallest absolute Gasteiger partial charge is 0.128 e. The maximum absolute atomic E-state index is 9.86. The van der Waals surface area contributed by atoms with Gasteiger partial charge in [0.05, 0.1) is 6.10 Å². The highest BCUT2D eigenvalue weighted by atomic mass is 16.3. The first-order valence-corrected chi connectivity index (χ1v) is 7.90. The summed E-state index contributed by atoms with van der Waals surface area (Å²) in [4.78, 5) is 7.09. The molecule has 0 radical (unpaired) electrons. The van der Waals surface area contributed by atoms with Gasteiger partial charge in [-0.3, -0.25) is 0 Å². The highest BCUT2D eigenvalue weighted by molar-refractivity contribution is 5.44. The first-order valence-electron chi connectivity index (χ1n) is 7.90. The zero-order valence-corrected chi connectivity index (χ0v) is 12.3.